The van der Waals surface area contributed by atoms with E-state index in [-0.39, 0.29) is 12.1 Å². The van der Waals surface area contributed by atoms with Crippen LogP contribution in [-0.2, 0) is 4.74 Å². The van der Waals surface area contributed by atoms with Crippen molar-refractivity contribution in [3.63, 3.8) is 0 Å². The lowest BCUT2D eigenvalue weighted by atomic mass is 10.2. The van der Waals surface area contributed by atoms with E-state index in [1.54, 1.807) is 6.20 Å². The summed E-state index contributed by atoms with van der Waals surface area (Å²) >= 11 is 6.94. The Morgan fingerprint density at radius 1 is 1.41 bits per heavy atom. The average Bonchev–Trinajstić information content (AvgIpc) is 2.24. The molecule has 0 saturated heterocycles. The summed E-state index contributed by atoms with van der Waals surface area (Å²) in [5.41, 5.74) is 0.982. The van der Waals surface area contributed by atoms with Crippen molar-refractivity contribution in [3.8, 4) is 0 Å². The second-order valence-electron chi connectivity index (χ2n) is 4.01. The number of rotatable bonds is 6. The molecular formula is C12H18Br2N2O. The van der Waals surface area contributed by atoms with Gasteiger partial charge in [-0.1, -0.05) is 6.92 Å². The minimum Gasteiger partial charge on any atom is -0.377 e. The highest BCUT2D eigenvalue weighted by Crippen LogP contribution is 2.25. The average molecular weight is 366 g/mol. The van der Waals surface area contributed by atoms with Crippen LogP contribution in [0, 0.1) is 0 Å². The molecule has 0 aliphatic carbocycles. The Bertz CT molecular complexity index is 358. The van der Waals surface area contributed by atoms with E-state index in [1.165, 1.54) is 0 Å². The Morgan fingerprint density at radius 2 is 2.12 bits per heavy atom. The third kappa shape index (κ3) is 5.04. The highest BCUT2D eigenvalue weighted by molar-refractivity contribution is 9.11. The normalized spacial score (nSPS) is 13.1. The molecule has 0 aliphatic heterocycles. The van der Waals surface area contributed by atoms with Crippen LogP contribution in [0.15, 0.2) is 21.2 Å². The van der Waals surface area contributed by atoms with E-state index in [9.17, 15) is 0 Å². The molecule has 1 N–H and O–H groups in total. The van der Waals surface area contributed by atoms with Crippen LogP contribution in [0.4, 0.5) is 0 Å². The molecule has 0 saturated carbocycles. The number of ether oxygens (including phenoxy) is 1. The third-order valence-electron chi connectivity index (χ3n) is 2.21. The fraction of sp³-hybridized carbons (Fsp3) is 0.583. The van der Waals surface area contributed by atoms with E-state index in [0.29, 0.717) is 6.61 Å². The Labute approximate surface area is 120 Å². The molecule has 0 aromatic carbocycles. The molecule has 1 heterocycles. The number of hydrogen-bond donors (Lipinski definition) is 1. The third-order valence-corrected chi connectivity index (χ3v) is 3.28. The first-order valence-electron chi connectivity index (χ1n) is 5.70. The lowest BCUT2D eigenvalue weighted by Crippen LogP contribution is -2.27. The lowest BCUT2D eigenvalue weighted by molar-refractivity contribution is 0.0605. The molecule has 1 aromatic heterocycles. The van der Waals surface area contributed by atoms with Gasteiger partial charge in [-0.25, -0.2) is 0 Å². The van der Waals surface area contributed by atoms with Gasteiger partial charge >= 0.3 is 0 Å². The summed E-state index contributed by atoms with van der Waals surface area (Å²) in [5, 5.41) is 3.38. The minimum absolute atomic E-state index is 0.116. The van der Waals surface area contributed by atoms with Gasteiger partial charge in [-0.2, -0.15) is 0 Å². The summed E-state index contributed by atoms with van der Waals surface area (Å²) in [6, 6.07) is 2.12. The van der Waals surface area contributed by atoms with Crippen molar-refractivity contribution in [2.75, 3.05) is 13.2 Å². The number of hydrogen-bond acceptors (Lipinski definition) is 3. The smallest absolute Gasteiger partial charge is 0.0744 e. The summed E-state index contributed by atoms with van der Waals surface area (Å²) in [7, 11) is 0. The van der Waals surface area contributed by atoms with Crippen LogP contribution in [0.3, 0.4) is 0 Å². The Morgan fingerprint density at radius 3 is 2.65 bits per heavy atom. The number of aromatic nitrogens is 1. The van der Waals surface area contributed by atoms with Gasteiger partial charge in [0.1, 0.15) is 0 Å². The van der Waals surface area contributed by atoms with Crippen molar-refractivity contribution in [2.45, 2.75) is 32.9 Å². The van der Waals surface area contributed by atoms with Gasteiger partial charge in [0.2, 0.25) is 0 Å². The fourth-order valence-corrected chi connectivity index (χ4v) is 2.71. The number of pyridine rings is 1. The van der Waals surface area contributed by atoms with Crippen molar-refractivity contribution in [1.82, 2.24) is 10.3 Å². The van der Waals surface area contributed by atoms with Gasteiger partial charge in [0.25, 0.3) is 0 Å². The van der Waals surface area contributed by atoms with Crippen LogP contribution in [0.2, 0.25) is 0 Å². The molecule has 0 fully saturated rings. The van der Waals surface area contributed by atoms with Gasteiger partial charge in [-0.05, 0) is 58.3 Å². The summed E-state index contributed by atoms with van der Waals surface area (Å²) in [4.78, 5) is 4.44. The predicted octanol–water partition coefficient (Wildman–Crippen LogP) is 3.68. The van der Waals surface area contributed by atoms with Gasteiger partial charge in [0.05, 0.1) is 24.4 Å². The Kier molecular flexibility index (Phi) is 6.62. The zero-order valence-electron chi connectivity index (χ0n) is 10.3. The zero-order chi connectivity index (χ0) is 12.8. The summed E-state index contributed by atoms with van der Waals surface area (Å²) in [6.07, 6.45) is 2.03. The SMILES string of the molecule is CCNC(COC(C)C)c1ncc(Br)cc1Br. The van der Waals surface area contributed by atoms with Gasteiger partial charge in [-0.15, -0.1) is 0 Å². The minimum atomic E-state index is 0.116. The van der Waals surface area contributed by atoms with Gasteiger partial charge in [-0.3, -0.25) is 4.98 Å². The largest absolute Gasteiger partial charge is 0.377 e. The Hall–Kier alpha value is 0.0300. The van der Waals surface area contributed by atoms with E-state index < -0.39 is 0 Å². The molecule has 96 valence electrons. The second kappa shape index (κ2) is 7.46. The standard InChI is InChI=1S/C12H18Br2N2O/c1-4-15-11(7-17-8(2)3)12-10(14)5-9(13)6-16-12/h5-6,8,11,15H,4,7H2,1-3H3. The van der Waals surface area contributed by atoms with Crippen molar-refractivity contribution in [3.05, 3.63) is 26.9 Å². The first-order chi connectivity index (χ1) is 8.04. The molecule has 1 atom stereocenters. The summed E-state index contributed by atoms with van der Waals surface area (Å²) in [6.45, 7) is 7.66. The molecule has 0 amide bonds. The zero-order valence-corrected chi connectivity index (χ0v) is 13.5. The first kappa shape index (κ1) is 15.1. The number of likely N-dealkylation sites (N-methyl/N-ethyl adjacent to an activating group) is 1. The fourth-order valence-electron chi connectivity index (χ4n) is 1.45. The van der Waals surface area contributed by atoms with E-state index in [2.05, 4.69) is 49.1 Å². The molecule has 0 aliphatic rings. The van der Waals surface area contributed by atoms with E-state index in [1.807, 2.05) is 19.9 Å². The molecule has 17 heavy (non-hydrogen) atoms. The highest BCUT2D eigenvalue weighted by atomic mass is 79.9. The number of halogens is 2. The van der Waals surface area contributed by atoms with Crippen molar-refractivity contribution in [1.29, 1.82) is 0 Å². The van der Waals surface area contributed by atoms with E-state index in [4.69, 9.17) is 4.74 Å². The maximum absolute atomic E-state index is 5.66. The van der Waals surface area contributed by atoms with Crippen molar-refractivity contribution < 1.29 is 4.74 Å². The molecule has 1 aromatic rings. The molecule has 0 bridgehead atoms. The monoisotopic (exact) mass is 364 g/mol. The second-order valence-corrected chi connectivity index (χ2v) is 5.78. The summed E-state index contributed by atoms with van der Waals surface area (Å²) < 4.78 is 7.62. The van der Waals surface area contributed by atoms with Gasteiger partial charge in [0, 0.05) is 15.1 Å². The van der Waals surface area contributed by atoms with E-state index in [0.717, 1.165) is 21.2 Å². The number of nitrogens with one attached hydrogen (secondary N) is 1. The van der Waals surface area contributed by atoms with Crippen LogP contribution in [0.25, 0.3) is 0 Å². The van der Waals surface area contributed by atoms with Gasteiger partial charge in [0.15, 0.2) is 0 Å². The topological polar surface area (TPSA) is 34.1 Å². The Balaban J connectivity index is 2.81. The van der Waals surface area contributed by atoms with Crippen LogP contribution in [-0.4, -0.2) is 24.2 Å². The molecule has 0 spiro atoms. The summed E-state index contributed by atoms with van der Waals surface area (Å²) in [5.74, 6) is 0. The van der Waals surface area contributed by atoms with Crippen molar-refractivity contribution >= 4 is 31.9 Å². The lowest BCUT2D eigenvalue weighted by Gasteiger charge is -2.20. The molecule has 3 nitrogen and oxygen atoms in total. The molecule has 1 rings (SSSR count). The van der Waals surface area contributed by atoms with Crippen LogP contribution in [0.1, 0.15) is 32.5 Å². The number of nitrogens with zero attached hydrogens (tertiary/aromatic N) is 1. The maximum atomic E-state index is 5.66. The predicted molar refractivity (Wildman–Crippen MR) is 77.1 cm³/mol. The van der Waals surface area contributed by atoms with Gasteiger partial charge < -0.3 is 10.1 Å². The molecular weight excluding hydrogens is 348 g/mol. The van der Waals surface area contributed by atoms with Crippen LogP contribution < -0.4 is 5.32 Å². The highest BCUT2D eigenvalue weighted by Gasteiger charge is 2.16. The van der Waals surface area contributed by atoms with Crippen LogP contribution >= 0.6 is 31.9 Å². The maximum Gasteiger partial charge on any atom is 0.0744 e. The van der Waals surface area contributed by atoms with Crippen LogP contribution in [0.5, 0.6) is 0 Å². The molecule has 5 heteroatoms. The molecule has 1 unspecified atom stereocenters. The molecule has 0 radical (unpaired) electrons. The van der Waals surface area contributed by atoms with E-state index >= 15 is 0 Å². The van der Waals surface area contributed by atoms with Crippen molar-refractivity contribution in [2.24, 2.45) is 0 Å². The quantitative estimate of drug-likeness (QED) is 0.834. The first-order valence-corrected chi connectivity index (χ1v) is 7.29.